The number of hydrogen-bond acceptors (Lipinski definition) is 3. The van der Waals surface area contributed by atoms with Gasteiger partial charge in [-0.15, -0.1) is 0 Å². The van der Waals surface area contributed by atoms with Crippen LogP contribution in [0.4, 0.5) is 5.69 Å². The molecule has 1 aliphatic rings. The Morgan fingerprint density at radius 2 is 2.05 bits per heavy atom. The highest BCUT2D eigenvalue weighted by molar-refractivity contribution is 5.56. The summed E-state index contributed by atoms with van der Waals surface area (Å²) >= 11 is 0. The Hall–Kier alpha value is -2.00. The van der Waals surface area contributed by atoms with Crippen molar-refractivity contribution in [1.29, 1.82) is 0 Å². The number of ether oxygens (including phenoxy) is 1. The second-order valence-corrected chi connectivity index (χ2v) is 5.32. The van der Waals surface area contributed by atoms with Gasteiger partial charge in [0.15, 0.2) is 0 Å². The van der Waals surface area contributed by atoms with Crippen molar-refractivity contribution in [1.82, 2.24) is 0 Å². The van der Waals surface area contributed by atoms with Gasteiger partial charge in [0.25, 0.3) is 0 Å². The maximum atomic E-state index is 6.18. The SMILES string of the molecule is COc1cccc(CN2CC(N)Cc3ccccc32)c1. The molecule has 0 aliphatic carbocycles. The van der Waals surface area contributed by atoms with E-state index in [9.17, 15) is 0 Å². The van der Waals surface area contributed by atoms with Crippen LogP contribution in [-0.4, -0.2) is 19.7 Å². The molecule has 1 heterocycles. The fourth-order valence-electron chi connectivity index (χ4n) is 2.86. The second kappa shape index (κ2) is 5.55. The van der Waals surface area contributed by atoms with Crippen LogP contribution in [0.1, 0.15) is 11.1 Å². The monoisotopic (exact) mass is 268 g/mol. The van der Waals surface area contributed by atoms with Gasteiger partial charge >= 0.3 is 0 Å². The number of nitrogens with two attached hydrogens (primary N) is 1. The molecule has 0 fully saturated rings. The molecule has 1 atom stereocenters. The van der Waals surface area contributed by atoms with Gasteiger partial charge in [-0.1, -0.05) is 30.3 Å². The number of para-hydroxylation sites is 1. The Morgan fingerprint density at radius 3 is 2.90 bits per heavy atom. The van der Waals surface area contributed by atoms with E-state index in [1.54, 1.807) is 7.11 Å². The third kappa shape index (κ3) is 2.63. The van der Waals surface area contributed by atoms with Crippen molar-refractivity contribution < 1.29 is 4.74 Å². The highest BCUT2D eigenvalue weighted by Crippen LogP contribution is 2.28. The maximum Gasteiger partial charge on any atom is 0.119 e. The highest BCUT2D eigenvalue weighted by Gasteiger charge is 2.21. The summed E-state index contributed by atoms with van der Waals surface area (Å²) in [6.45, 7) is 1.76. The van der Waals surface area contributed by atoms with Crippen LogP contribution in [0.2, 0.25) is 0 Å². The molecule has 3 heteroatoms. The van der Waals surface area contributed by atoms with Gasteiger partial charge in [0, 0.05) is 24.8 Å². The number of anilines is 1. The topological polar surface area (TPSA) is 38.5 Å². The van der Waals surface area contributed by atoms with E-state index in [1.807, 2.05) is 12.1 Å². The third-order valence-corrected chi connectivity index (χ3v) is 3.78. The first-order valence-electron chi connectivity index (χ1n) is 6.97. The standard InChI is InChI=1S/C17H20N2O/c1-20-16-7-4-5-13(9-16)11-19-12-15(18)10-14-6-2-3-8-17(14)19/h2-9,15H,10-12,18H2,1H3. The van der Waals surface area contributed by atoms with Gasteiger partial charge in [0.05, 0.1) is 7.11 Å². The lowest BCUT2D eigenvalue weighted by Crippen LogP contribution is -2.42. The van der Waals surface area contributed by atoms with E-state index in [4.69, 9.17) is 10.5 Å². The average Bonchev–Trinajstić information content (AvgIpc) is 2.47. The molecule has 1 aliphatic heterocycles. The van der Waals surface area contributed by atoms with Gasteiger partial charge in [-0.05, 0) is 35.7 Å². The van der Waals surface area contributed by atoms with Crippen molar-refractivity contribution in [3.05, 3.63) is 59.7 Å². The zero-order chi connectivity index (χ0) is 13.9. The molecule has 0 bridgehead atoms. The molecular weight excluding hydrogens is 248 g/mol. The molecule has 1 unspecified atom stereocenters. The van der Waals surface area contributed by atoms with Crippen LogP contribution in [0.3, 0.4) is 0 Å². The first-order valence-corrected chi connectivity index (χ1v) is 6.97. The highest BCUT2D eigenvalue weighted by atomic mass is 16.5. The Balaban J connectivity index is 1.87. The van der Waals surface area contributed by atoms with E-state index in [0.717, 1.165) is 25.3 Å². The molecule has 0 saturated carbocycles. The molecule has 3 rings (SSSR count). The number of benzene rings is 2. The van der Waals surface area contributed by atoms with Crippen LogP contribution >= 0.6 is 0 Å². The van der Waals surface area contributed by atoms with Crippen LogP contribution in [0.15, 0.2) is 48.5 Å². The summed E-state index contributed by atoms with van der Waals surface area (Å²) in [5.41, 5.74) is 10.1. The second-order valence-electron chi connectivity index (χ2n) is 5.32. The predicted octanol–water partition coefficient (Wildman–Crippen LogP) is 2.59. The summed E-state index contributed by atoms with van der Waals surface area (Å²) in [5, 5.41) is 0. The van der Waals surface area contributed by atoms with E-state index in [-0.39, 0.29) is 6.04 Å². The van der Waals surface area contributed by atoms with Crippen molar-refractivity contribution in [2.24, 2.45) is 5.73 Å². The lowest BCUT2D eigenvalue weighted by Gasteiger charge is -2.34. The summed E-state index contributed by atoms with van der Waals surface area (Å²) in [6.07, 6.45) is 0.963. The molecule has 0 spiro atoms. The Bertz CT molecular complexity index is 597. The molecule has 3 nitrogen and oxygen atoms in total. The Kier molecular flexibility index (Phi) is 3.61. The molecule has 2 aromatic carbocycles. The van der Waals surface area contributed by atoms with Crippen molar-refractivity contribution in [2.75, 3.05) is 18.6 Å². The lowest BCUT2D eigenvalue weighted by molar-refractivity contribution is 0.414. The summed E-state index contributed by atoms with van der Waals surface area (Å²) in [5.74, 6) is 0.900. The van der Waals surface area contributed by atoms with Crippen molar-refractivity contribution in [3.8, 4) is 5.75 Å². The molecule has 104 valence electrons. The predicted molar refractivity (Wildman–Crippen MR) is 82.2 cm³/mol. The van der Waals surface area contributed by atoms with Gasteiger partial charge in [0.1, 0.15) is 5.75 Å². The average molecular weight is 268 g/mol. The molecule has 20 heavy (non-hydrogen) atoms. The van der Waals surface area contributed by atoms with Crippen LogP contribution in [0.5, 0.6) is 5.75 Å². The number of methoxy groups -OCH3 is 1. The minimum atomic E-state index is 0.204. The normalized spacial score (nSPS) is 17.7. The Labute approximate surface area is 120 Å². The van der Waals surface area contributed by atoms with E-state index >= 15 is 0 Å². The van der Waals surface area contributed by atoms with Crippen LogP contribution in [-0.2, 0) is 13.0 Å². The van der Waals surface area contributed by atoms with Crippen molar-refractivity contribution >= 4 is 5.69 Å². The summed E-state index contributed by atoms with van der Waals surface area (Å²) in [7, 11) is 1.70. The smallest absolute Gasteiger partial charge is 0.119 e. The number of hydrogen-bond donors (Lipinski definition) is 1. The van der Waals surface area contributed by atoms with Crippen molar-refractivity contribution in [3.63, 3.8) is 0 Å². The molecule has 0 amide bonds. The fraction of sp³-hybridized carbons (Fsp3) is 0.294. The molecule has 0 saturated heterocycles. The minimum Gasteiger partial charge on any atom is -0.497 e. The van der Waals surface area contributed by atoms with Gasteiger partial charge in [-0.2, -0.15) is 0 Å². The first-order chi connectivity index (χ1) is 9.76. The number of nitrogens with zero attached hydrogens (tertiary/aromatic N) is 1. The number of fused-ring (bicyclic) bond motifs is 1. The van der Waals surface area contributed by atoms with Gasteiger partial charge in [-0.3, -0.25) is 0 Å². The van der Waals surface area contributed by atoms with E-state index in [2.05, 4.69) is 41.3 Å². The minimum absolute atomic E-state index is 0.204. The van der Waals surface area contributed by atoms with E-state index in [1.165, 1.54) is 16.8 Å². The summed E-state index contributed by atoms with van der Waals surface area (Å²) < 4.78 is 5.29. The van der Waals surface area contributed by atoms with Crippen LogP contribution in [0.25, 0.3) is 0 Å². The van der Waals surface area contributed by atoms with Gasteiger partial charge in [0.2, 0.25) is 0 Å². The van der Waals surface area contributed by atoms with Gasteiger partial charge in [-0.25, -0.2) is 0 Å². The van der Waals surface area contributed by atoms with E-state index in [0.29, 0.717) is 0 Å². The van der Waals surface area contributed by atoms with Crippen molar-refractivity contribution in [2.45, 2.75) is 19.0 Å². The first kappa shape index (κ1) is 13.0. The van der Waals surface area contributed by atoms with Crippen LogP contribution in [0, 0.1) is 0 Å². The summed E-state index contributed by atoms with van der Waals surface area (Å²) in [6, 6.07) is 17.0. The zero-order valence-corrected chi connectivity index (χ0v) is 11.8. The Morgan fingerprint density at radius 1 is 1.20 bits per heavy atom. The molecule has 0 radical (unpaired) electrons. The van der Waals surface area contributed by atoms with E-state index < -0.39 is 0 Å². The molecular formula is C17H20N2O. The maximum absolute atomic E-state index is 6.18. The van der Waals surface area contributed by atoms with Crippen LogP contribution < -0.4 is 15.4 Å². The molecule has 0 aromatic heterocycles. The third-order valence-electron chi connectivity index (χ3n) is 3.78. The number of rotatable bonds is 3. The van der Waals surface area contributed by atoms with Gasteiger partial charge < -0.3 is 15.4 Å². The molecule has 2 N–H and O–H groups in total. The quantitative estimate of drug-likeness (QED) is 0.930. The summed E-state index contributed by atoms with van der Waals surface area (Å²) in [4.78, 5) is 2.36. The molecule has 2 aromatic rings. The largest absolute Gasteiger partial charge is 0.497 e. The fourth-order valence-corrected chi connectivity index (χ4v) is 2.86. The lowest BCUT2D eigenvalue weighted by atomic mass is 9.98. The zero-order valence-electron chi connectivity index (χ0n) is 11.8.